The fraction of sp³-hybridized carbons (Fsp3) is 0.500. The lowest BCUT2D eigenvalue weighted by molar-refractivity contribution is 0.322. The maximum atomic E-state index is 4.33. The Hall–Kier alpha value is -1.20. The van der Waals surface area contributed by atoms with E-state index in [-0.39, 0.29) is 0 Å². The molecule has 0 spiro atoms. The molecular weight excluding hydrogens is 232 g/mol. The van der Waals surface area contributed by atoms with Gasteiger partial charge in [-0.3, -0.25) is 0 Å². The van der Waals surface area contributed by atoms with Gasteiger partial charge in [-0.05, 0) is 37.9 Å². The normalized spacial score (nSPS) is 21.1. The number of rotatable bonds is 3. The van der Waals surface area contributed by atoms with Gasteiger partial charge in [-0.1, -0.05) is 0 Å². The standard InChI is InChI=1S/C12H16N4S/c1-16-5-2-3-9(16)7-13-12-11-10(4-6-17-11)14-8-15-12/h4,6,8-9H,2-3,5,7H2,1H3,(H,13,14,15). The van der Waals surface area contributed by atoms with Crippen LogP contribution in [0.25, 0.3) is 10.2 Å². The molecule has 3 heterocycles. The van der Waals surface area contributed by atoms with E-state index in [1.54, 1.807) is 17.7 Å². The van der Waals surface area contributed by atoms with Crippen LogP contribution in [-0.2, 0) is 0 Å². The van der Waals surface area contributed by atoms with Gasteiger partial charge in [0, 0.05) is 12.6 Å². The molecule has 5 heteroatoms. The van der Waals surface area contributed by atoms with E-state index in [9.17, 15) is 0 Å². The lowest BCUT2D eigenvalue weighted by atomic mass is 10.2. The Bertz CT molecular complexity index is 510. The average Bonchev–Trinajstić information content (AvgIpc) is 2.95. The first-order chi connectivity index (χ1) is 8.34. The fourth-order valence-electron chi connectivity index (χ4n) is 2.37. The van der Waals surface area contributed by atoms with Gasteiger partial charge in [0.1, 0.15) is 12.1 Å². The van der Waals surface area contributed by atoms with Crippen LogP contribution in [0.3, 0.4) is 0 Å². The molecule has 90 valence electrons. The molecule has 1 aliphatic heterocycles. The van der Waals surface area contributed by atoms with Crippen molar-refractivity contribution in [3.05, 3.63) is 17.8 Å². The number of thiophene rings is 1. The number of likely N-dealkylation sites (N-methyl/N-ethyl adjacent to an activating group) is 1. The number of fused-ring (bicyclic) bond motifs is 1. The van der Waals surface area contributed by atoms with Crippen molar-refractivity contribution in [2.45, 2.75) is 18.9 Å². The van der Waals surface area contributed by atoms with Crippen molar-refractivity contribution in [3.63, 3.8) is 0 Å². The SMILES string of the molecule is CN1CCCC1CNc1ncnc2ccsc12. The number of hydrogen-bond acceptors (Lipinski definition) is 5. The van der Waals surface area contributed by atoms with Gasteiger partial charge in [-0.15, -0.1) is 11.3 Å². The van der Waals surface area contributed by atoms with Gasteiger partial charge in [0.15, 0.2) is 0 Å². The van der Waals surface area contributed by atoms with E-state index in [0.717, 1.165) is 22.6 Å². The van der Waals surface area contributed by atoms with Crippen molar-refractivity contribution in [2.75, 3.05) is 25.5 Å². The molecule has 1 saturated heterocycles. The molecule has 2 aromatic heterocycles. The van der Waals surface area contributed by atoms with Crippen molar-refractivity contribution < 1.29 is 0 Å². The molecule has 4 nitrogen and oxygen atoms in total. The molecule has 1 atom stereocenters. The summed E-state index contributed by atoms with van der Waals surface area (Å²) >= 11 is 1.70. The van der Waals surface area contributed by atoms with Crippen LogP contribution in [0.5, 0.6) is 0 Å². The minimum Gasteiger partial charge on any atom is -0.367 e. The molecule has 3 rings (SSSR count). The molecule has 1 N–H and O–H groups in total. The molecule has 0 bridgehead atoms. The topological polar surface area (TPSA) is 41.0 Å². The Kier molecular flexibility index (Phi) is 2.94. The summed E-state index contributed by atoms with van der Waals surface area (Å²) < 4.78 is 1.16. The van der Waals surface area contributed by atoms with E-state index in [1.165, 1.54) is 19.4 Å². The van der Waals surface area contributed by atoms with Gasteiger partial charge in [0.2, 0.25) is 0 Å². The zero-order valence-corrected chi connectivity index (χ0v) is 10.7. The number of likely N-dealkylation sites (tertiary alicyclic amines) is 1. The Labute approximate surface area is 105 Å². The zero-order valence-electron chi connectivity index (χ0n) is 9.89. The Balaban J connectivity index is 1.74. The van der Waals surface area contributed by atoms with E-state index in [4.69, 9.17) is 0 Å². The zero-order chi connectivity index (χ0) is 11.7. The molecule has 1 unspecified atom stereocenters. The van der Waals surface area contributed by atoms with Crippen LogP contribution in [0.2, 0.25) is 0 Å². The highest BCUT2D eigenvalue weighted by atomic mass is 32.1. The minimum absolute atomic E-state index is 0.639. The minimum atomic E-state index is 0.639. The Morgan fingerprint density at radius 1 is 1.53 bits per heavy atom. The smallest absolute Gasteiger partial charge is 0.147 e. The second kappa shape index (κ2) is 4.58. The molecule has 0 aromatic carbocycles. The molecule has 0 aliphatic carbocycles. The fourth-order valence-corrected chi connectivity index (χ4v) is 3.18. The van der Waals surface area contributed by atoms with Crippen molar-refractivity contribution in [3.8, 4) is 0 Å². The third-order valence-electron chi connectivity index (χ3n) is 3.42. The molecule has 0 radical (unpaired) electrons. The molecule has 0 saturated carbocycles. The highest BCUT2D eigenvalue weighted by molar-refractivity contribution is 7.17. The van der Waals surface area contributed by atoms with E-state index < -0.39 is 0 Å². The van der Waals surface area contributed by atoms with Crippen LogP contribution < -0.4 is 5.32 Å². The van der Waals surface area contributed by atoms with Crippen LogP contribution >= 0.6 is 11.3 Å². The molecule has 0 amide bonds. The van der Waals surface area contributed by atoms with Crippen LogP contribution in [0, 0.1) is 0 Å². The summed E-state index contributed by atoms with van der Waals surface area (Å²) in [6.07, 6.45) is 4.22. The van der Waals surface area contributed by atoms with Gasteiger partial charge in [-0.25, -0.2) is 9.97 Å². The third kappa shape index (κ3) is 2.12. The van der Waals surface area contributed by atoms with Gasteiger partial charge >= 0.3 is 0 Å². The summed E-state index contributed by atoms with van der Waals surface area (Å²) in [5.74, 6) is 0.977. The summed E-state index contributed by atoms with van der Waals surface area (Å²) in [6.45, 7) is 2.19. The second-order valence-corrected chi connectivity index (χ2v) is 5.43. The Morgan fingerprint density at radius 3 is 3.29 bits per heavy atom. The maximum absolute atomic E-state index is 4.33. The van der Waals surface area contributed by atoms with Crippen LogP contribution in [0.15, 0.2) is 17.8 Å². The molecule has 1 fully saturated rings. The maximum Gasteiger partial charge on any atom is 0.147 e. The van der Waals surface area contributed by atoms with Crippen LogP contribution in [0.4, 0.5) is 5.82 Å². The summed E-state index contributed by atoms with van der Waals surface area (Å²) in [4.78, 5) is 11.0. The first-order valence-electron chi connectivity index (χ1n) is 5.97. The van der Waals surface area contributed by atoms with E-state index in [2.05, 4.69) is 32.6 Å². The number of nitrogens with one attached hydrogen (secondary N) is 1. The van der Waals surface area contributed by atoms with Crippen molar-refractivity contribution in [1.82, 2.24) is 14.9 Å². The summed E-state index contributed by atoms with van der Waals surface area (Å²) in [6, 6.07) is 2.68. The monoisotopic (exact) mass is 248 g/mol. The average molecular weight is 248 g/mol. The van der Waals surface area contributed by atoms with Gasteiger partial charge < -0.3 is 10.2 Å². The van der Waals surface area contributed by atoms with Crippen molar-refractivity contribution >= 4 is 27.4 Å². The number of hydrogen-bond donors (Lipinski definition) is 1. The number of nitrogens with zero attached hydrogens (tertiary/aromatic N) is 3. The third-order valence-corrected chi connectivity index (χ3v) is 4.33. The van der Waals surface area contributed by atoms with E-state index in [0.29, 0.717) is 6.04 Å². The lowest BCUT2D eigenvalue weighted by Gasteiger charge is -2.19. The summed E-state index contributed by atoms with van der Waals surface area (Å²) in [5.41, 5.74) is 1.03. The highest BCUT2D eigenvalue weighted by Crippen LogP contribution is 2.25. The van der Waals surface area contributed by atoms with Gasteiger partial charge in [-0.2, -0.15) is 0 Å². The predicted molar refractivity (Wildman–Crippen MR) is 71.6 cm³/mol. The number of aromatic nitrogens is 2. The molecule has 1 aliphatic rings. The Morgan fingerprint density at radius 2 is 2.47 bits per heavy atom. The summed E-state index contributed by atoms with van der Waals surface area (Å²) in [7, 11) is 2.19. The first-order valence-corrected chi connectivity index (χ1v) is 6.85. The quantitative estimate of drug-likeness (QED) is 0.904. The van der Waals surface area contributed by atoms with E-state index in [1.807, 2.05) is 6.07 Å². The first kappa shape index (κ1) is 10.9. The second-order valence-electron chi connectivity index (χ2n) is 4.51. The largest absolute Gasteiger partial charge is 0.367 e. The summed E-state index contributed by atoms with van der Waals surface area (Å²) in [5, 5.41) is 5.53. The van der Waals surface area contributed by atoms with Crippen LogP contribution in [0.1, 0.15) is 12.8 Å². The lowest BCUT2D eigenvalue weighted by Crippen LogP contribution is -2.31. The van der Waals surface area contributed by atoms with Crippen molar-refractivity contribution in [1.29, 1.82) is 0 Å². The van der Waals surface area contributed by atoms with Crippen molar-refractivity contribution in [2.24, 2.45) is 0 Å². The molecule has 17 heavy (non-hydrogen) atoms. The van der Waals surface area contributed by atoms with Gasteiger partial charge in [0.05, 0.1) is 10.2 Å². The number of anilines is 1. The molecular formula is C12H16N4S. The van der Waals surface area contributed by atoms with Gasteiger partial charge in [0.25, 0.3) is 0 Å². The highest BCUT2D eigenvalue weighted by Gasteiger charge is 2.20. The van der Waals surface area contributed by atoms with E-state index >= 15 is 0 Å². The van der Waals surface area contributed by atoms with Crippen LogP contribution in [-0.4, -0.2) is 41.0 Å². The predicted octanol–water partition coefficient (Wildman–Crippen LogP) is 2.20. The molecule has 2 aromatic rings.